The Bertz CT molecular complexity index is 136. The molecule has 0 radical (unpaired) electrons. The minimum atomic E-state index is -0.178. The van der Waals surface area contributed by atoms with Crippen LogP contribution in [0.5, 0.6) is 0 Å². The summed E-state index contributed by atoms with van der Waals surface area (Å²) >= 11 is 0. The van der Waals surface area contributed by atoms with E-state index in [2.05, 4.69) is 33.4 Å². The molecular weight excluding hydrogens is 192 g/mol. The average Bonchev–Trinajstić information content (AvgIpc) is 2.06. The molecule has 0 spiro atoms. The quantitative estimate of drug-likeness (QED) is 0.482. The standard InChI is InChI=1S/C6H12.C4H12OSi2/c1-4-5-6(2)3;1-7-4-2-3-5-6-7/h5H,4H2,1-3H3;7H,2-4,6H2,1H3. The molecule has 1 fully saturated rings. The molecule has 0 amide bonds. The molecule has 13 heavy (non-hydrogen) atoms. The van der Waals surface area contributed by atoms with Crippen molar-refractivity contribution in [2.24, 2.45) is 0 Å². The van der Waals surface area contributed by atoms with Crippen LogP contribution < -0.4 is 0 Å². The Labute approximate surface area is 86.9 Å². The molecule has 0 N–H and O–H groups in total. The van der Waals surface area contributed by atoms with Crippen LogP contribution >= 0.6 is 0 Å². The summed E-state index contributed by atoms with van der Waals surface area (Å²) in [4.78, 5) is 0. The molecule has 3 heteroatoms. The Morgan fingerprint density at radius 1 is 1.54 bits per heavy atom. The third-order valence-corrected chi connectivity index (χ3v) is 8.13. The average molecular weight is 216 g/mol. The molecule has 1 atom stereocenters. The van der Waals surface area contributed by atoms with Crippen molar-refractivity contribution in [3.63, 3.8) is 0 Å². The van der Waals surface area contributed by atoms with E-state index in [4.69, 9.17) is 4.43 Å². The van der Waals surface area contributed by atoms with Crippen molar-refractivity contribution < 1.29 is 4.43 Å². The number of rotatable bonds is 1. The molecule has 0 aromatic heterocycles. The van der Waals surface area contributed by atoms with E-state index >= 15 is 0 Å². The van der Waals surface area contributed by atoms with Crippen molar-refractivity contribution >= 4 is 17.6 Å². The molecule has 1 unspecified atom stereocenters. The summed E-state index contributed by atoms with van der Waals surface area (Å²) in [6.45, 7) is 9.90. The van der Waals surface area contributed by atoms with Gasteiger partial charge in [0.25, 0.3) is 0 Å². The van der Waals surface area contributed by atoms with Gasteiger partial charge < -0.3 is 4.43 Å². The van der Waals surface area contributed by atoms with Gasteiger partial charge in [-0.15, -0.1) is 0 Å². The fraction of sp³-hybridized carbons (Fsp3) is 0.800. The monoisotopic (exact) mass is 216 g/mol. The van der Waals surface area contributed by atoms with Gasteiger partial charge in [0.1, 0.15) is 9.28 Å². The zero-order chi connectivity index (χ0) is 10.1. The van der Waals surface area contributed by atoms with Crippen molar-refractivity contribution in [3.05, 3.63) is 11.6 Å². The van der Waals surface area contributed by atoms with Gasteiger partial charge in [0.2, 0.25) is 0 Å². The van der Waals surface area contributed by atoms with E-state index in [-0.39, 0.29) is 17.6 Å². The maximum absolute atomic E-state index is 5.38. The van der Waals surface area contributed by atoms with Crippen molar-refractivity contribution in [2.75, 3.05) is 6.61 Å². The highest BCUT2D eigenvalue weighted by Crippen LogP contribution is 2.02. The molecule has 1 aliphatic rings. The van der Waals surface area contributed by atoms with Crippen LogP contribution in [0, 0.1) is 0 Å². The van der Waals surface area contributed by atoms with Crippen LogP contribution in [-0.4, -0.2) is 24.2 Å². The first-order valence-corrected chi connectivity index (χ1v) is 11.2. The minimum absolute atomic E-state index is 0.0718. The molecule has 78 valence electrons. The molecule has 1 saturated heterocycles. The first-order valence-electron chi connectivity index (χ1n) is 5.38. The lowest BCUT2D eigenvalue weighted by Gasteiger charge is -2.14. The third-order valence-electron chi connectivity index (χ3n) is 2.00. The van der Waals surface area contributed by atoms with Gasteiger partial charge >= 0.3 is 0 Å². The van der Waals surface area contributed by atoms with E-state index in [1.807, 2.05) is 0 Å². The summed E-state index contributed by atoms with van der Waals surface area (Å²) in [5, 5.41) is 0. The van der Waals surface area contributed by atoms with E-state index in [0.29, 0.717) is 0 Å². The minimum Gasteiger partial charge on any atom is -0.428 e. The van der Waals surface area contributed by atoms with E-state index < -0.39 is 0 Å². The van der Waals surface area contributed by atoms with Crippen molar-refractivity contribution in [1.82, 2.24) is 0 Å². The molecule has 1 rings (SSSR count). The summed E-state index contributed by atoms with van der Waals surface area (Å²) in [6, 6.07) is 1.56. The summed E-state index contributed by atoms with van der Waals surface area (Å²) in [5.41, 5.74) is 1.41. The van der Waals surface area contributed by atoms with Gasteiger partial charge in [-0.05, 0) is 26.7 Å². The second-order valence-corrected chi connectivity index (χ2v) is 12.7. The van der Waals surface area contributed by atoms with Crippen LogP contribution in [0.3, 0.4) is 0 Å². The molecule has 0 aromatic rings. The summed E-state index contributed by atoms with van der Waals surface area (Å²) < 4.78 is 5.38. The Morgan fingerprint density at radius 3 is 2.38 bits per heavy atom. The fourth-order valence-corrected chi connectivity index (χ4v) is 6.19. The molecule has 1 nitrogen and oxygen atoms in total. The van der Waals surface area contributed by atoms with Gasteiger partial charge in [-0.25, -0.2) is 0 Å². The third kappa shape index (κ3) is 10.1. The van der Waals surface area contributed by atoms with Crippen LogP contribution in [-0.2, 0) is 4.43 Å². The second kappa shape index (κ2) is 8.72. The summed E-state index contributed by atoms with van der Waals surface area (Å²) in [5.74, 6) is 0. The zero-order valence-corrected chi connectivity index (χ0v) is 12.2. The molecule has 1 heterocycles. The van der Waals surface area contributed by atoms with Gasteiger partial charge in [-0.3, -0.25) is 0 Å². The van der Waals surface area contributed by atoms with Gasteiger partial charge in [0.05, 0.1) is 8.31 Å². The lowest BCUT2D eigenvalue weighted by atomic mass is 10.3. The topological polar surface area (TPSA) is 9.23 Å². The van der Waals surface area contributed by atoms with Gasteiger partial charge in [-0.1, -0.05) is 31.2 Å². The molecule has 0 bridgehead atoms. The largest absolute Gasteiger partial charge is 0.428 e. The van der Waals surface area contributed by atoms with Gasteiger partial charge in [0, 0.05) is 6.61 Å². The fourth-order valence-electron chi connectivity index (χ4n) is 1.31. The SMILES string of the molecule is CCC=C(C)C.C[SiH]1CCCO[SiH2]1. The summed E-state index contributed by atoms with van der Waals surface area (Å²) in [6.07, 6.45) is 4.74. The van der Waals surface area contributed by atoms with Crippen molar-refractivity contribution in [3.8, 4) is 0 Å². The highest BCUT2D eigenvalue weighted by atomic mass is 29.2. The lowest BCUT2D eigenvalue weighted by molar-refractivity contribution is 0.335. The highest BCUT2D eigenvalue weighted by Gasteiger charge is 2.09. The Hall–Kier alpha value is 0.134. The molecule has 0 aliphatic carbocycles. The normalized spacial score (nSPS) is 23.2. The smallest absolute Gasteiger partial charge is 0.147 e. The Kier molecular flexibility index (Phi) is 8.81. The maximum Gasteiger partial charge on any atom is 0.147 e. The number of hydrogen-bond acceptors (Lipinski definition) is 1. The van der Waals surface area contributed by atoms with E-state index in [1.54, 1.807) is 6.04 Å². The predicted octanol–water partition coefficient (Wildman–Crippen LogP) is 2.21. The Balaban J connectivity index is 0.000000226. The van der Waals surface area contributed by atoms with E-state index in [9.17, 15) is 0 Å². The van der Waals surface area contributed by atoms with E-state index in [0.717, 1.165) is 6.61 Å². The first kappa shape index (κ1) is 13.1. The number of hydrogen-bond donors (Lipinski definition) is 0. The van der Waals surface area contributed by atoms with Gasteiger partial charge in [0.15, 0.2) is 0 Å². The van der Waals surface area contributed by atoms with Crippen LogP contribution in [0.15, 0.2) is 11.6 Å². The lowest BCUT2D eigenvalue weighted by Crippen LogP contribution is -2.26. The van der Waals surface area contributed by atoms with E-state index in [1.165, 1.54) is 18.4 Å². The van der Waals surface area contributed by atoms with Crippen LogP contribution in [0.25, 0.3) is 0 Å². The summed E-state index contributed by atoms with van der Waals surface area (Å²) in [7, 11) is -0.106. The molecule has 0 aromatic carbocycles. The first-order chi connectivity index (χ1) is 6.16. The highest BCUT2D eigenvalue weighted by molar-refractivity contribution is 7.09. The molecule has 0 saturated carbocycles. The maximum atomic E-state index is 5.38. The Morgan fingerprint density at radius 2 is 2.23 bits per heavy atom. The van der Waals surface area contributed by atoms with Crippen LogP contribution in [0.1, 0.15) is 33.6 Å². The van der Waals surface area contributed by atoms with Crippen LogP contribution in [0.4, 0.5) is 0 Å². The van der Waals surface area contributed by atoms with Crippen LogP contribution in [0.2, 0.25) is 12.6 Å². The van der Waals surface area contributed by atoms with Crippen molar-refractivity contribution in [1.29, 1.82) is 0 Å². The van der Waals surface area contributed by atoms with Gasteiger partial charge in [-0.2, -0.15) is 0 Å². The zero-order valence-electron chi connectivity index (χ0n) is 9.60. The second-order valence-electron chi connectivity index (χ2n) is 4.01. The molecular formula is C10H24OSi2. The molecule has 1 aliphatic heterocycles. The van der Waals surface area contributed by atoms with Crippen molar-refractivity contribution in [2.45, 2.75) is 46.2 Å². The number of allylic oxidation sites excluding steroid dienone is 2. The predicted molar refractivity (Wildman–Crippen MR) is 66.7 cm³/mol.